The highest BCUT2D eigenvalue weighted by atomic mass is 16.1. The zero-order valence-electron chi connectivity index (χ0n) is 13.4. The van der Waals surface area contributed by atoms with E-state index in [0.29, 0.717) is 18.3 Å². The summed E-state index contributed by atoms with van der Waals surface area (Å²) in [5.41, 5.74) is 3.48. The van der Waals surface area contributed by atoms with Gasteiger partial charge in [0.15, 0.2) is 0 Å². The van der Waals surface area contributed by atoms with E-state index >= 15 is 0 Å². The maximum atomic E-state index is 11.9. The van der Waals surface area contributed by atoms with Gasteiger partial charge in [-0.2, -0.15) is 0 Å². The Morgan fingerprint density at radius 3 is 2.40 bits per heavy atom. The summed E-state index contributed by atoms with van der Waals surface area (Å²) in [6, 6.07) is 6.36. The van der Waals surface area contributed by atoms with Gasteiger partial charge in [0, 0.05) is 18.7 Å². The summed E-state index contributed by atoms with van der Waals surface area (Å²) < 4.78 is 0. The van der Waals surface area contributed by atoms with E-state index < -0.39 is 0 Å². The average Bonchev–Trinajstić information content (AvgIpc) is 2.38. The average molecular weight is 276 g/mol. The molecule has 1 aromatic rings. The van der Waals surface area contributed by atoms with Gasteiger partial charge in [0.25, 0.3) is 0 Å². The summed E-state index contributed by atoms with van der Waals surface area (Å²) in [4.78, 5) is 11.9. The molecular formula is C17H28N2O. The third-order valence-electron chi connectivity index (χ3n) is 3.42. The van der Waals surface area contributed by atoms with Crippen molar-refractivity contribution in [2.24, 2.45) is 0 Å². The predicted molar refractivity (Wildman–Crippen MR) is 86.4 cm³/mol. The van der Waals surface area contributed by atoms with Crippen LogP contribution in [0.2, 0.25) is 0 Å². The third kappa shape index (κ3) is 4.97. The maximum Gasteiger partial charge on any atom is 0.225 e. The lowest BCUT2D eigenvalue weighted by Gasteiger charge is -2.17. The quantitative estimate of drug-likeness (QED) is 0.742. The van der Waals surface area contributed by atoms with Crippen molar-refractivity contribution in [3.05, 3.63) is 29.3 Å². The highest BCUT2D eigenvalue weighted by Crippen LogP contribution is 2.28. The van der Waals surface area contributed by atoms with Crippen molar-refractivity contribution in [1.82, 2.24) is 5.32 Å². The number of anilines is 1. The van der Waals surface area contributed by atoms with Gasteiger partial charge in [0.2, 0.25) is 5.91 Å². The lowest BCUT2D eigenvalue weighted by atomic mass is 9.94. The molecule has 112 valence electrons. The zero-order valence-corrected chi connectivity index (χ0v) is 13.4. The minimum absolute atomic E-state index is 0.0742. The van der Waals surface area contributed by atoms with E-state index in [4.69, 9.17) is 0 Å². The molecule has 1 rings (SSSR count). The van der Waals surface area contributed by atoms with Crippen LogP contribution in [0.4, 0.5) is 5.69 Å². The summed E-state index contributed by atoms with van der Waals surface area (Å²) >= 11 is 0. The van der Waals surface area contributed by atoms with Crippen LogP contribution in [0.25, 0.3) is 0 Å². The molecule has 0 fully saturated rings. The van der Waals surface area contributed by atoms with Crippen LogP contribution in [-0.4, -0.2) is 19.0 Å². The maximum absolute atomic E-state index is 11.9. The largest absolute Gasteiger partial charge is 0.326 e. The molecule has 0 aromatic heterocycles. The molecule has 0 heterocycles. The monoisotopic (exact) mass is 276 g/mol. The van der Waals surface area contributed by atoms with Crippen LogP contribution < -0.4 is 10.6 Å². The van der Waals surface area contributed by atoms with Gasteiger partial charge in [-0.05, 0) is 35.6 Å². The molecule has 1 aromatic carbocycles. The molecule has 0 bridgehead atoms. The fraction of sp³-hybridized carbons (Fsp3) is 0.588. The van der Waals surface area contributed by atoms with Crippen LogP contribution in [-0.2, 0) is 4.79 Å². The molecule has 0 radical (unpaired) electrons. The number of nitrogens with one attached hydrogen (secondary N) is 2. The summed E-state index contributed by atoms with van der Waals surface area (Å²) in [5, 5.41) is 6.20. The number of hydrogen-bond acceptors (Lipinski definition) is 2. The minimum Gasteiger partial charge on any atom is -0.326 e. The van der Waals surface area contributed by atoms with E-state index in [1.165, 1.54) is 11.1 Å². The normalized spacial score (nSPS) is 11.2. The van der Waals surface area contributed by atoms with E-state index in [2.05, 4.69) is 50.5 Å². The Bertz CT molecular complexity index is 439. The molecule has 0 spiro atoms. The van der Waals surface area contributed by atoms with Crippen LogP contribution in [0.1, 0.15) is 64.0 Å². The Morgan fingerprint density at radius 2 is 1.85 bits per heavy atom. The van der Waals surface area contributed by atoms with Gasteiger partial charge in [-0.25, -0.2) is 0 Å². The van der Waals surface area contributed by atoms with Crippen LogP contribution in [0.3, 0.4) is 0 Å². The first-order chi connectivity index (χ1) is 9.45. The standard InChI is InChI=1S/C17H28N2O/c1-6-18-10-9-17(20)19-16-8-7-14(12(2)3)11-15(16)13(4)5/h7-8,11-13,18H,6,9-10H2,1-5H3,(H,19,20). The topological polar surface area (TPSA) is 41.1 Å². The number of amides is 1. The molecule has 0 atom stereocenters. The first kappa shape index (κ1) is 16.7. The lowest BCUT2D eigenvalue weighted by Crippen LogP contribution is -2.22. The molecule has 2 N–H and O–H groups in total. The fourth-order valence-corrected chi connectivity index (χ4v) is 2.12. The van der Waals surface area contributed by atoms with Crippen molar-refractivity contribution in [2.75, 3.05) is 18.4 Å². The number of carbonyl (C=O) groups excluding carboxylic acids is 1. The van der Waals surface area contributed by atoms with Crippen molar-refractivity contribution in [2.45, 2.75) is 52.9 Å². The molecule has 0 aliphatic carbocycles. The summed E-state index contributed by atoms with van der Waals surface area (Å²) in [7, 11) is 0. The molecule has 3 heteroatoms. The molecule has 0 unspecified atom stereocenters. The minimum atomic E-state index is 0.0742. The Balaban J connectivity index is 2.81. The number of rotatable bonds is 7. The Kier molecular flexibility index (Phi) is 6.73. The van der Waals surface area contributed by atoms with Crippen molar-refractivity contribution in [1.29, 1.82) is 0 Å². The van der Waals surface area contributed by atoms with Crippen LogP contribution in [0.5, 0.6) is 0 Å². The fourth-order valence-electron chi connectivity index (χ4n) is 2.12. The summed E-state index contributed by atoms with van der Waals surface area (Å²) in [6.45, 7) is 12.4. The Hall–Kier alpha value is -1.35. The van der Waals surface area contributed by atoms with E-state index in [9.17, 15) is 4.79 Å². The highest BCUT2D eigenvalue weighted by molar-refractivity contribution is 5.91. The SMILES string of the molecule is CCNCCC(=O)Nc1ccc(C(C)C)cc1C(C)C. The smallest absolute Gasteiger partial charge is 0.225 e. The second kappa shape index (κ2) is 8.05. The zero-order chi connectivity index (χ0) is 15.1. The molecule has 20 heavy (non-hydrogen) atoms. The van der Waals surface area contributed by atoms with Gasteiger partial charge in [-0.15, -0.1) is 0 Å². The van der Waals surface area contributed by atoms with Crippen molar-refractivity contribution in [3.8, 4) is 0 Å². The van der Waals surface area contributed by atoms with E-state index in [1.807, 2.05) is 13.0 Å². The molecular weight excluding hydrogens is 248 g/mol. The first-order valence-electron chi connectivity index (χ1n) is 7.60. The van der Waals surface area contributed by atoms with E-state index in [1.54, 1.807) is 0 Å². The van der Waals surface area contributed by atoms with Gasteiger partial charge in [0.05, 0.1) is 0 Å². The molecule has 0 saturated heterocycles. The van der Waals surface area contributed by atoms with E-state index in [-0.39, 0.29) is 5.91 Å². The molecule has 3 nitrogen and oxygen atoms in total. The lowest BCUT2D eigenvalue weighted by molar-refractivity contribution is -0.116. The van der Waals surface area contributed by atoms with E-state index in [0.717, 1.165) is 18.8 Å². The highest BCUT2D eigenvalue weighted by Gasteiger charge is 2.11. The van der Waals surface area contributed by atoms with Crippen LogP contribution in [0.15, 0.2) is 18.2 Å². The van der Waals surface area contributed by atoms with Crippen molar-refractivity contribution in [3.63, 3.8) is 0 Å². The Labute approximate surface area is 123 Å². The van der Waals surface area contributed by atoms with Gasteiger partial charge in [0.1, 0.15) is 0 Å². The third-order valence-corrected chi connectivity index (χ3v) is 3.42. The molecule has 0 aliphatic heterocycles. The summed E-state index contributed by atoms with van der Waals surface area (Å²) in [5.74, 6) is 0.980. The van der Waals surface area contributed by atoms with Gasteiger partial charge in [-0.1, -0.05) is 46.8 Å². The second-order valence-corrected chi connectivity index (χ2v) is 5.81. The number of hydrogen-bond donors (Lipinski definition) is 2. The van der Waals surface area contributed by atoms with Crippen LogP contribution in [0, 0.1) is 0 Å². The van der Waals surface area contributed by atoms with Crippen molar-refractivity contribution >= 4 is 11.6 Å². The van der Waals surface area contributed by atoms with Gasteiger partial charge >= 0.3 is 0 Å². The number of benzene rings is 1. The second-order valence-electron chi connectivity index (χ2n) is 5.81. The Morgan fingerprint density at radius 1 is 1.15 bits per heavy atom. The van der Waals surface area contributed by atoms with Gasteiger partial charge in [-0.3, -0.25) is 4.79 Å². The molecule has 0 aliphatic rings. The first-order valence-corrected chi connectivity index (χ1v) is 7.60. The van der Waals surface area contributed by atoms with Crippen LogP contribution >= 0.6 is 0 Å². The molecule has 1 amide bonds. The predicted octanol–water partition coefficient (Wildman–Crippen LogP) is 3.87. The van der Waals surface area contributed by atoms with Crippen molar-refractivity contribution < 1.29 is 4.79 Å². The van der Waals surface area contributed by atoms with Gasteiger partial charge < -0.3 is 10.6 Å². The molecule has 0 saturated carbocycles. The number of carbonyl (C=O) groups is 1. The summed E-state index contributed by atoms with van der Waals surface area (Å²) in [6.07, 6.45) is 0.511.